The predicted molar refractivity (Wildman–Crippen MR) is 120 cm³/mol. The van der Waals surface area contributed by atoms with Crippen LogP contribution in [0.15, 0.2) is 42.5 Å². The van der Waals surface area contributed by atoms with E-state index >= 15 is 0 Å². The molecule has 0 fully saturated rings. The summed E-state index contributed by atoms with van der Waals surface area (Å²) in [4.78, 5) is 23.9. The van der Waals surface area contributed by atoms with Crippen LogP contribution in [-0.2, 0) is 6.54 Å². The number of carbonyl (C=O) groups is 2. The first-order valence-corrected chi connectivity index (χ1v) is 9.73. The third-order valence-corrected chi connectivity index (χ3v) is 4.21. The summed E-state index contributed by atoms with van der Waals surface area (Å²) in [6.45, 7) is 8.17. The zero-order chi connectivity index (χ0) is 21.4. The van der Waals surface area contributed by atoms with Crippen molar-refractivity contribution in [1.82, 2.24) is 21.5 Å². The minimum Gasteiger partial charge on any atom is -0.336 e. The molecule has 2 rings (SSSR count). The molecule has 2 aromatic carbocycles. The SMILES string of the molecule is Cc1ccc(NC(=S)NNC(=O)c2ccc(CNC(=O)NC(C)C)cc2)c(C)c1. The summed E-state index contributed by atoms with van der Waals surface area (Å²) in [7, 11) is 0. The van der Waals surface area contributed by atoms with Crippen LogP contribution in [-0.4, -0.2) is 23.1 Å². The van der Waals surface area contributed by atoms with Gasteiger partial charge < -0.3 is 16.0 Å². The fourth-order valence-corrected chi connectivity index (χ4v) is 2.72. The first kappa shape index (κ1) is 22.2. The van der Waals surface area contributed by atoms with Gasteiger partial charge in [0.1, 0.15) is 0 Å². The van der Waals surface area contributed by atoms with Crippen LogP contribution in [0, 0.1) is 13.8 Å². The molecule has 8 heteroatoms. The maximum atomic E-state index is 12.3. The average Bonchev–Trinajstić information content (AvgIpc) is 2.66. The molecule has 0 bridgehead atoms. The lowest BCUT2D eigenvalue weighted by molar-refractivity contribution is 0.0944. The summed E-state index contributed by atoms with van der Waals surface area (Å²) in [5.74, 6) is -0.313. The zero-order valence-corrected chi connectivity index (χ0v) is 17.9. The van der Waals surface area contributed by atoms with Gasteiger partial charge in [0, 0.05) is 23.8 Å². The van der Waals surface area contributed by atoms with Gasteiger partial charge in [-0.25, -0.2) is 4.79 Å². The lowest BCUT2D eigenvalue weighted by Gasteiger charge is -2.14. The van der Waals surface area contributed by atoms with Gasteiger partial charge in [0.05, 0.1) is 0 Å². The molecule has 2 aromatic rings. The maximum Gasteiger partial charge on any atom is 0.315 e. The van der Waals surface area contributed by atoms with Crippen LogP contribution < -0.4 is 26.8 Å². The minimum atomic E-state index is -0.313. The number of benzene rings is 2. The summed E-state index contributed by atoms with van der Waals surface area (Å²) < 4.78 is 0. The number of aryl methyl sites for hydroxylation is 2. The lowest BCUT2D eigenvalue weighted by atomic mass is 10.1. The summed E-state index contributed by atoms with van der Waals surface area (Å²) >= 11 is 5.22. The molecule has 0 saturated carbocycles. The van der Waals surface area contributed by atoms with Crippen molar-refractivity contribution in [2.75, 3.05) is 5.32 Å². The molecule has 0 radical (unpaired) electrons. The quantitative estimate of drug-likeness (QED) is 0.384. The third kappa shape index (κ3) is 7.42. The molecule has 154 valence electrons. The topological polar surface area (TPSA) is 94.3 Å². The highest BCUT2D eigenvalue weighted by Gasteiger charge is 2.08. The normalized spacial score (nSPS) is 10.2. The van der Waals surface area contributed by atoms with Crippen molar-refractivity contribution in [3.05, 3.63) is 64.7 Å². The number of anilines is 1. The second-order valence-corrected chi connectivity index (χ2v) is 7.44. The summed E-state index contributed by atoms with van der Waals surface area (Å²) in [6, 6.07) is 12.8. The van der Waals surface area contributed by atoms with Crippen LogP contribution in [0.5, 0.6) is 0 Å². The highest BCUT2D eigenvalue weighted by Crippen LogP contribution is 2.15. The monoisotopic (exact) mass is 413 g/mol. The van der Waals surface area contributed by atoms with Crippen LogP contribution >= 0.6 is 12.2 Å². The standard InChI is InChI=1S/C21H27N5O2S/c1-13(2)23-20(28)22-12-16-6-8-17(9-7-16)19(27)25-26-21(29)24-18-10-5-14(3)11-15(18)4/h5-11,13H,12H2,1-4H3,(H,25,27)(H2,22,23,28)(H2,24,26,29). The molecule has 0 aliphatic heterocycles. The predicted octanol–water partition coefficient (Wildman–Crippen LogP) is 3.14. The van der Waals surface area contributed by atoms with E-state index in [1.165, 1.54) is 5.56 Å². The van der Waals surface area contributed by atoms with Crippen LogP contribution in [0.4, 0.5) is 10.5 Å². The Morgan fingerprint density at radius 3 is 2.31 bits per heavy atom. The Balaban J connectivity index is 1.81. The van der Waals surface area contributed by atoms with E-state index in [4.69, 9.17) is 12.2 Å². The van der Waals surface area contributed by atoms with Gasteiger partial charge in [0.2, 0.25) is 0 Å². The van der Waals surface area contributed by atoms with Gasteiger partial charge in [-0.05, 0) is 69.2 Å². The van der Waals surface area contributed by atoms with E-state index in [9.17, 15) is 9.59 Å². The number of nitrogens with one attached hydrogen (secondary N) is 5. The van der Waals surface area contributed by atoms with E-state index in [-0.39, 0.29) is 18.0 Å². The largest absolute Gasteiger partial charge is 0.336 e. The second-order valence-electron chi connectivity index (χ2n) is 7.03. The number of carbonyl (C=O) groups excluding carboxylic acids is 2. The van der Waals surface area contributed by atoms with Crippen molar-refractivity contribution in [2.45, 2.75) is 40.3 Å². The van der Waals surface area contributed by atoms with Crippen LogP contribution in [0.1, 0.15) is 40.9 Å². The lowest BCUT2D eigenvalue weighted by Crippen LogP contribution is -2.43. The van der Waals surface area contributed by atoms with Crippen molar-refractivity contribution < 1.29 is 9.59 Å². The Kier molecular flexibility index (Phi) is 7.97. The molecule has 7 nitrogen and oxygen atoms in total. The smallest absolute Gasteiger partial charge is 0.315 e. The molecule has 0 aliphatic rings. The maximum absolute atomic E-state index is 12.3. The Morgan fingerprint density at radius 2 is 1.69 bits per heavy atom. The van der Waals surface area contributed by atoms with Crippen molar-refractivity contribution >= 4 is 35.0 Å². The van der Waals surface area contributed by atoms with Gasteiger partial charge in [-0.1, -0.05) is 29.8 Å². The molecule has 0 unspecified atom stereocenters. The molecule has 3 amide bonds. The van der Waals surface area contributed by atoms with Gasteiger partial charge in [-0.2, -0.15) is 0 Å². The number of hydrogen-bond donors (Lipinski definition) is 5. The van der Waals surface area contributed by atoms with Crippen LogP contribution in [0.2, 0.25) is 0 Å². The Hall–Kier alpha value is -3.13. The van der Waals surface area contributed by atoms with Crippen molar-refractivity contribution in [3.63, 3.8) is 0 Å². The van der Waals surface area contributed by atoms with Gasteiger partial charge >= 0.3 is 6.03 Å². The van der Waals surface area contributed by atoms with Crippen molar-refractivity contribution in [1.29, 1.82) is 0 Å². The van der Waals surface area contributed by atoms with E-state index in [1.54, 1.807) is 24.3 Å². The highest BCUT2D eigenvalue weighted by atomic mass is 32.1. The Bertz CT molecular complexity index is 881. The molecule has 5 N–H and O–H groups in total. The fourth-order valence-electron chi connectivity index (χ4n) is 2.56. The molecule has 0 atom stereocenters. The summed E-state index contributed by atoms with van der Waals surface area (Å²) in [6.07, 6.45) is 0. The molecular weight excluding hydrogens is 386 g/mol. The number of thiocarbonyl (C=S) groups is 1. The number of amides is 3. The van der Waals surface area contributed by atoms with E-state index in [0.29, 0.717) is 17.2 Å². The van der Waals surface area contributed by atoms with Crippen LogP contribution in [0.25, 0.3) is 0 Å². The molecule has 0 heterocycles. The molecule has 0 spiro atoms. The van der Waals surface area contributed by atoms with E-state index in [0.717, 1.165) is 16.8 Å². The third-order valence-electron chi connectivity index (χ3n) is 4.01. The van der Waals surface area contributed by atoms with Gasteiger partial charge in [-0.3, -0.25) is 15.6 Å². The molecule has 0 saturated heterocycles. The first-order chi connectivity index (χ1) is 13.7. The van der Waals surface area contributed by atoms with E-state index in [2.05, 4.69) is 26.8 Å². The first-order valence-electron chi connectivity index (χ1n) is 9.32. The fraction of sp³-hybridized carbons (Fsp3) is 0.286. The molecule has 0 aromatic heterocycles. The molecule has 29 heavy (non-hydrogen) atoms. The Morgan fingerprint density at radius 1 is 1.00 bits per heavy atom. The number of urea groups is 1. The van der Waals surface area contributed by atoms with Crippen molar-refractivity contribution in [2.24, 2.45) is 0 Å². The number of hydrogen-bond acceptors (Lipinski definition) is 3. The van der Waals surface area contributed by atoms with Gasteiger partial charge in [0.15, 0.2) is 5.11 Å². The molecule has 0 aliphatic carbocycles. The number of hydrazine groups is 1. The second kappa shape index (κ2) is 10.4. The zero-order valence-electron chi connectivity index (χ0n) is 17.1. The molecular formula is C21H27N5O2S. The van der Waals surface area contributed by atoms with Gasteiger partial charge in [-0.15, -0.1) is 0 Å². The summed E-state index contributed by atoms with van der Waals surface area (Å²) in [5, 5.41) is 8.86. The van der Waals surface area contributed by atoms with E-state index in [1.807, 2.05) is 45.9 Å². The average molecular weight is 414 g/mol. The summed E-state index contributed by atoms with van der Waals surface area (Å²) in [5.41, 5.74) is 9.74. The van der Waals surface area contributed by atoms with E-state index < -0.39 is 0 Å². The Labute approximate surface area is 176 Å². The van der Waals surface area contributed by atoms with Crippen molar-refractivity contribution in [3.8, 4) is 0 Å². The van der Waals surface area contributed by atoms with Gasteiger partial charge in [0.25, 0.3) is 5.91 Å². The van der Waals surface area contributed by atoms with Crippen LogP contribution in [0.3, 0.4) is 0 Å². The highest BCUT2D eigenvalue weighted by molar-refractivity contribution is 7.80. The number of rotatable bonds is 5. The minimum absolute atomic E-state index is 0.0732.